The lowest BCUT2D eigenvalue weighted by molar-refractivity contribution is -0.157. The minimum Gasteiger partial charge on any atom is -0.469 e. The predicted molar refractivity (Wildman–Crippen MR) is 77.5 cm³/mol. The average Bonchev–Trinajstić information content (AvgIpc) is 2.35. The second-order valence-electron chi connectivity index (χ2n) is 5.77. The van der Waals surface area contributed by atoms with Gasteiger partial charge in [0.1, 0.15) is 0 Å². The molecule has 0 saturated heterocycles. The van der Waals surface area contributed by atoms with E-state index in [4.69, 9.17) is 4.74 Å². The highest BCUT2D eigenvalue weighted by molar-refractivity contribution is 5.78. The van der Waals surface area contributed by atoms with Crippen molar-refractivity contribution in [1.29, 1.82) is 0 Å². The quantitative estimate of drug-likeness (QED) is 0.780. The Hall–Kier alpha value is -1.51. The smallest absolute Gasteiger partial charge is 0.313 e. The van der Waals surface area contributed by atoms with Gasteiger partial charge >= 0.3 is 5.97 Å². The molecule has 0 aromatic heterocycles. The molecule has 104 valence electrons. The molecule has 0 atom stereocenters. The third-order valence-corrected chi connectivity index (χ3v) is 4.24. The molecule has 0 N–H and O–H groups in total. The van der Waals surface area contributed by atoms with E-state index >= 15 is 0 Å². The van der Waals surface area contributed by atoms with E-state index in [1.54, 1.807) is 0 Å². The van der Waals surface area contributed by atoms with Gasteiger partial charge in [0.15, 0.2) is 0 Å². The van der Waals surface area contributed by atoms with E-state index in [9.17, 15) is 4.79 Å². The van der Waals surface area contributed by atoms with Crippen LogP contribution in [0.25, 0.3) is 0 Å². The summed E-state index contributed by atoms with van der Waals surface area (Å²) in [6, 6.07) is 6.43. The first-order valence-electron chi connectivity index (χ1n) is 6.85. The van der Waals surface area contributed by atoms with E-state index in [1.807, 2.05) is 0 Å². The monoisotopic (exact) mass is 261 g/mol. The van der Waals surface area contributed by atoms with E-state index in [-0.39, 0.29) is 11.4 Å². The number of carbonyl (C=O) groups excluding carboxylic acids is 1. The average molecular weight is 261 g/mol. The highest BCUT2D eigenvalue weighted by atomic mass is 16.5. The lowest BCUT2D eigenvalue weighted by atomic mass is 9.68. The number of nitrogens with zero attached hydrogens (tertiary/aromatic N) is 1. The molecular formula is C16H23NO2. The third kappa shape index (κ3) is 2.60. The summed E-state index contributed by atoms with van der Waals surface area (Å²) in [4.78, 5) is 14.2. The van der Waals surface area contributed by atoms with Crippen molar-refractivity contribution >= 4 is 11.7 Å². The molecule has 1 aromatic carbocycles. The molecule has 0 aliphatic heterocycles. The Labute approximate surface area is 115 Å². The lowest BCUT2D eigenvalue weighted by Crippen LogP contribution is -2.47. The summed E-state index contributed by atoms with van der Waals surface area (Å²) in [7, 11) is 3.55. The van der Waals surface area contributed by atoms with Crippen LogP contribution in [0.15, 0.2) is 18.2 Å². The molecule has 0 bridgehead atoms. The Morgan fingerprint density at radius 1 is 1.37 bits per heavy atom. The minimum atomic E-state index is -0.292. The Bertz CT molecular complexity index is 478. The molecule has 1 saturated carbocycles. The van der Waals surface area contributed by atoms with Crippen molar-refractivity contribution in [1.82, 2.24) is 0 Å². The van der Waals surface area contributed by atoms with Crippen LogP contribution in [-0.4, -0.2) is 26.7 Å². The lowest BCUT2D eigenvalue weighted by Gasteiger charge is -2.42. The number of esters is 1. The number of hydrogen-bond donors (Lipinski definition) is 0. The molecule has 19 heavy (non-hydrogen) atoms. The largest absolute Gasteiger partial charge is 0.469 e. The summed E-state index contributed by atoms with van der Waals surface area (Å²) >= 11 is 0. The molecule has 1 aliphatic carbocycles. The zero-order valence-electron chi connectivity index (χ0n) is 12.3. The molecule has 0 radical (unpaired) electrons. The fraction of sp³-hybridized carbons (Fsp3) is 0.562. The van der Waals surface area contributed by atoms with Crippen molar-refractivity contribution in [2.45, 2.75) is 33.1 Å². The zero-order valence-corrected chi connectivity index (χ0v) is 12.3. The van der Waals surface area contributed by atoms with Gasteiger partial charge in [-0.1, -0.05) is 18.6 Å². The van der Waals surface area contributed by atoms with E-state index in [0.29, 0.717) is 0 Å². The van der Waals surface area contributed by atoms with E-state index in [1.165, 1.54) is 23.9 Å². The number of ether oxygens (including phenoxy) is 1. The van der Waals surface area contributed by atoms with Crippen LogP contribution in [0.3, 0.4) is 0 Å². The highest BCUT2D eigenvalue weighted by Gasteiger charge is 2.46. The fourth-order valence-corrected chi connectivity index (χ4v) is 2.92. The number of rotatable bonds is 4. The first-order valence-corrected chi connectivity index (χ1v) is 6.85. The van der Waals surface area contributed by atoms with Crippen molar-refractivity contribution in [3.05, 3.63) is 29.3 Å². The molecule has 1 aliphatic rings. The van der Waals surface area contributed by atoms with E-state index in [0.717, 1.165) is 25.8 Å². The second-order valence-corrected chi connectivity index (χ2v) is 5.77. The van der Waals surface area contributed by atoms with Crippen LogP contribution in [0.1, 0.15) is 30.4 Å². The molecule has 0 spiro atoms. The maximum atomic E-state index is 12.0. The second kappa shape index (κ2) is 5.24. The molecule has 1 fully saturated rings. The molecule has 2 rings (SSSR count). The molecule has 0 amide bonds. The maximum Gasteiger partial charge on any atom is 0.313 e. The minimum absolute atomic E-state index is 0.0593. The van der Waals surface area contributed by atoms with Crippen LogP contribution < -0.4 is 4.90 Å². The molecule has 0 heterocycles. The number of hydrogen-bond acceptors (Lipinski definition) is 3. The molecular weight excluding hydrogens is 238 g/mol. The van der Waals surface area contributed by atoms with Crippen molar-refractivity contribution in [3.63, 3.8) is 0 Å². The van der Waals surface area contributed by atoms with Gasteiger partial charge in [-0.25, -0.2) is 0 Å². The number of aryl methyl sites for hydroxylation is 2. The molecule has 1 aromatic rings. The molecule has 3 heteroatoms. The normalized spacial score (nSPS) is 16.6. The maximum absolute atomic E-state index is 12.0. The van der Waals surface area contributed by atoms with Crippen molar-refractivity contribution < 1.29 is 9.53 Å². The summed E-state index contributed by atoms with van der Waals surface area (Å²) in [5.74, 6) is -0.0593. The fourth-order valence-electron chi connectivity index (χ4n) is 2.92. The number of carbonyl (C=O) groups is 1. The van der Waals surface area contributed by atoms with Gasteiger partial charge in [0, 0.05) is 19.3 Å². The molecule has 3 nitrogen and oxygen atoms in total. The summed E-state index contributed by atoms with van der Waals surface area (Å²) < 4.78 is 4.98. The standard InChI is InChI=1S/C16H23NO2/c1-12-6-7-13(2)14(10-12)17(3)11-16(8-5-9-16)15(18)19-4/h6-7,10H,5,8-9,11H2,1-4H3. The van der Waals surface area contributed by atoms with Crippen molar-refractivity contribution in [2.24, 2.45) is 5.41 Å². The van der Waals surface area contributed by atoms with Crippen molar-refractivity contribution in [3.8, 4) is 0 Å². The number of methoxy groups -OCH3 is 1. The van der Waals surface area contributed by atoms with E-state index in [2.05, 4.69) is 44.0 Å². The number of anilines is 1. The SMILES string of the molecule is COC(=O)C1(CN(C)c2cc(C)ccc2C)CCC1. The summed E-state index contributed by atoms with van der Waals surface area (Å²) in [6.07, 6.45) is 3.00. The Balaban J connectivity index is 2.18. The summed E-state index contributed by atoms with van der Waals surface area (Å²) in [5, 5.41) is 0. The number of benzene rings is 1. The van der Waals surface area contributed by atoms with Crippen LogP contribution in [0.2, 0.25) is 0 Å². The Kier molecular flexibility index (Phi) is 3.83. The van der Waals surface area contributed by atoms with Crippen LogP contribution in [0, 0.1) is 19.3 Å². The van der Waals surface area contributed by atoms with Gasteiger partial charge in [-0.05, 0) is 43.9 Å². The zero-order chi connectivity index (χ0) is 14.0. The first kappa shape index (κ1) is 13.9. The third-order valence-electron chi connectivity index (χ3n) is 4.24. The van der Waals surface area contributed by atoms with Crippen molar-refractivity contribution in [2.75, 3.05) is 25.6 Å². The van der Waals surface area contributed by atoms with Gasteiger partial charge in [-0.15, -0.1) is 0 Å². The van der Waals surface area contributed by atoms with Crippen LogP contribution in [-0.2, 0) is 9.53 Å². The summed E-state index contributed by atoms with van der Waals surface area (Å²) in [5.41, 5.74) is 3.40. The van der Waals surface area contributed by atoms with Crippen LogP contribution in [0.4, 0.5) is 5.69 Å². The van der Waals surface area contributed by atoms with Crippen LogP contribution >= 0.6 is 0 Å². The van der Waals surface area contributed by atoms with Gasteiger partial charge in [0.25, 0.3) is 0 Å². The van der Waals surface area contributed by atoms with Gasteiger partial charge in [-0.3, -0.25) is 4.79 Å². The van der Waals surface area contributed by atoms with Crippen LogP contribution in [0.5, 0.6) is 0 Å². The highest BCUT2D eigenvalue weighted by Crippen LogP contribution is 2.43. The van der Waals surface area contributed by atoms with Gasteiger partial charge in [0.05, 0.1) is 12.5 Å². The summed E-state index contributed by atoms with van der Waals surface area (Å²) in [6.45, 7) is 4.94. The van der Waals surface area contributed by atoms with E-state index < -0.39 is 0 Å². The Morgan fingerprint density at radius 3 is 2.58 bits per heavy atom. The van der Waals surface area contributed by atoms with Gasteiger partial charge < -0.3 is 9.64 Å². The first-order chi connectivity index (χ1) is 8.98. The molecule has 0 unspecified atom stereocenters. The van der Waals surface area contributed by atoms with Gasteiger partial charge in [-0.2, -0.15) is 0 Å². The predicted octanol–water partition coefficient (Wildman–Crippen LogP) is 3.08. The topological polar surface area (TPSA) is 29.5 Å². The van der Waals surface area contributed by atoms with Gasteiger partial charge in [0.2, 0.25) is 0 Å². The Morgan fingerprint density at radius 2 is 2.05 bits per heavy atom.